The summed E-state index contributed by atoms with van der Waals surface area (Å²) in [6.45, 7) is 4.89. The van der Waals surface area contributed by atoms with E-state index in [2.05, 4.69) is 17.2 Å². The molecule has 1 saturated carbocycles. The molecule has 1 N–H and O–H groups in total. The number of hydrogen-bond acceptors (Lipinski definition) is 4. The van der Waals surface area contributed by atoms with Crippen molar-refractivity contribution in [1.82, 2.24) is 10.3 Å². The maximum absolute atomic E-state index is 5.62. The van der Waals surface area contributed by atoms with Crippen LogP contribution >= 0.6 is 0 Å². The molecular weight excluding hydrogens is 228 g/mol. The number of nitrogens with zero attached hydrogens (tertiary/aromatic N) is 1. The van der Waals surface area contributed by atoms with Gasteiger partial charge in [-0.3, -0.25) is 4.98 Å². The molecule has 0 radical (unpaired) electrons. The molecule has 0 spiro atoms. The third-order valence-corrected chi connectivity index (χ3v) is 3.50. The average molecular weight is 250 g/mol. The molecule has 4 atom stereocenters. The van der Waals surface area contributed by atoms with Crippen molar-refractivity contribution in [3.8, 4) is 0 Å². The number of aromatic nitrogens is 1. The second-order valence-electron chi connectivity index (χ2n) is 4.68. The van der Waals surface area contributed by atoms with Crippen LogP contribution in [0.5, 0.6) is 0 Å². The van der Waals surface area contributed by atoms with Crippen LogP contribution in [0.1, 0.15) is 32.0 Å². The number of nitrogens with one attached hydrogen (secondary N) is 1. The summed E-state index contributed by atoms with van der Waals surface area (Å²) >= 11 is 0. The first-order valence-electron chi connectivity index (χ1n) is 6.57. The van der Waals surface area contributed by atoms with E-state index in [0.717, 1.165) is 18.7 Å². The summed E-state index contributed by atoms with van der Waals surface area (Å²) in [5.74, 6) is 0. The van der Waals surface area contributed by atoms with Gasteiger partial charge in [-0.05, 0) is 32.4 Å². The summed E-state index contributed by atoms with van der Waals surface area (Å²) < 4.78 is 11.1. The molecule has 2 rings (SSSR count). The van der Waals surface area contributed by atoms with E-state index in [1.807, 2.05) is 31.3 Å². The van der Waals surface area contributed by atoms with E-state index in [4.69, 9.17) is 9.47 Å². The van der Waals surface area contributed by atoms with Crippen LogP contribution < -0.4 is 5.32 Å². The second-order valence-corrected chi connectivity index (χ2v) is 4.68. The fourth-order valence-corrected chi connectivity index (χ4v) is 2.48. The Balaban J connectivity index is 1.87. The molecule has 4 nitrogen and oxygen atoms in total. The molecule has 1 aromatic heterocycles. The Bertz CT molecular complexity index is 358. The maximum atomic E-state index is 5.62. The molecule has 1 fully saturated rings. The van der Waals surface area contributed by atoms with Gasteiger partial charge in [-0.15, -0.1) is 0 Å². The van der Waals surface area contributed by atoms with Crippen LogP contribution in [0.25, 0.3) is 0 Å². The summed E-state index contributed by atoms with van der Waals surface area (Å²) in [6.07, 6.45) is 3.21. The van der Waals surface area contributed by atoms with Gasteiger partial charge < -0.3 is 14.8 Å². The first-order chi connectivity index (χ1) is 8.76. The number of hydrogen-bond donors (Lipinski definition) is 1. The van der Waals surface area contributed by atoms with Crippen molar-refractivity contribution < 1.29 is 9.47 Å². The third-order valence-electron chi connectivity index (χ3n) is 3.50. The molecule has 1 aromatic rings. The Hall–Kier alpha value is -0.970. The summed E-state index contributed by atoms with van der Waals surface area (Å²) in [5.41, 5.74) is 1.06. The summed E-state index contributed by atoms with van der Waals surface area (Å²) in [5, 5.41) is 3.55. The molecule has 1 aliphatic carbocycles. The molecule has 100 valence electrons. The molecule has 0 saturated heterocycles. The van der Waals surface area contributed by atoms with Crippen molar-refractivity contribution in [2.45, 2.75) is 44.6 Å². The van der Waals surface area contributed by atoms with Crippen molar-refractivity contribution in [3.05, 3.63) is 30.1 Å². The van der Waals surface area contributed by atoms with E-state index < -0.39 is 0 Å². The number of rotatable bonds is 6. The largest absolute Gasteiger partial charge is 0.377 e. The number of pyridine rings is 1. The third kappa shape index (κ3) is 2.88. The molecular formula is C14H22N2O2. The zero-order valence-corrected chi connectivity index (χ0v) is 11.3. The van der Waals surface area contributed by atoms with Gasteiger partial charge in [-0.25, -0.2) is 0 Å². The van der Waals surface area contributed by atoms with Gasteiger partial charge in [0.05, 0.1) is 17.9 Å². The average Bonchev–Trinajstić information content (AvgIpc) is 2.38. The zero-order chi connectivity index (χ0) is 13.0. The molecule has 0 amide bonds. The molecule has 4 unspecified atom stereocenters. The molecule has 1 aliphatic rings. The van der Waals surface area contributed by atoms with E-state index in [-0.39, 0.29) is 18.2 Å². The van der Waals surface area contributed by atoms with Crippen LogP contribution in [-0.2, 0) is 9.47 Å². The minimum atomic E-state index is 0.149. The van der Waals surface area contributed by atoms with Crippen molar-refractivity contribution in [1.29, 1.82) is 0 Å². The Labute approximate surface area is 109 Å². The van der Waals surface area contributed by atoms with Gasteiger partial charge in [-0.2, -0.15) is 0 Å². The molecule has 1 heterocycles. The molecule has 4 heteroatoms. The van der Waals surface area contributed by atoms with Crippen molar-refractivity contribution >= 4 is 0 Å². The van der Waals surface area contributed by atoms with Gasteiger partial charge in [0.15, 0.2) is 0 Å². The highest BCUT2D eigenvalue weighted by molar-refractivity contribution is 5.09. The fourth-order valence-electron chi connectivity index (χ4n) is 2.48. The Kier molecular flexibility index (Phi) is 4.69. The van der Waals surface area contributed by atoms with Crippen molar-refractivity contribution in [3.63, 3.8) is 0 Å². The zero-order valence-electron chi connectivity index (χ0n) is 11.3. The predicted octanol–water partition coefficient (Wildman–Crippen LogP) is 1.92. The molecule has 0 aromatic carbocycles. The first kappa shape index (κ1) is 13.5. The summed E-state index contributed by atoms with van der Waals surface area (Å²) in [4.78, 5) is 4.36. The highest BCUT2D eigenvalue weighted by Crippen LogP contribution is 2.28. The SMILES string of the molecule is CCOC1CC(NC(C)c2ccccn2)C1OC. The van der Waals surface area contributed by atoms with E-state index in [1.165, 1.54) is 0 Å². The van der Waals surface area contributed by atoms with Gasteiger partial charge in [0.2, 0.25) is 0 Å². The fraction of sp³-hybridized carbons (Fsp3) is 0.643. The number of ether oxygens (including phenoxy) is 2. The van der Waals surface area contributed by atoms with Crippen LogP contribution in [0.2, 0.25) is 0 Å². The maximum Gasteiger partial charge on any atom is 0.0987 e. The molecule has 0 bridgehead atoms. The lowest BCUT2D eigenvalue weighted by Crippen LogP contribution is -2.60. The van der Waals surface area contributed by atoms with Crippen LogP contribution in [-0.4, -0.2) is 37.0 Å². The van der Waals surface area contributed by atoms with Gasteiger partial charge in [-0.1, -0.05) is 6.07 Å². The van der Waals surface area contributed by atoms with Crippen LogP contribution in [0.15, 0.2) is 24.4 Å². The minimum Gasteiger partial charge on any atom is -0.377 e. The van der Waals surface area contributed by atoms with Gasteiger partial charge in [0, 0.05) is 32.0 Å². The monoisotopic (exact) mass is 250 g/mol. The first-order valence-corrected chi connectivity index (χ1v) is 6.57. The van der Waals surface area contributed by atoms with Crippen LogP contribution in [0.4, 0.5) is 0 Å². The normalized spacial score (nSPS) is 28.7. The Morgan fingerprint density at radius 1 is 1.50 bits per heavy atom. The quantitative estimate of drug-likeness (QED) is 0.837. The number of methoxy groups -OCH3 is 1. The Morgan fingerprint density at radius 2 is 2.33 bits per heavy atom. The van der Waals surface area contributed by atoms with E-state index >= 15 is 0 Å². The summed E-state index contributed by atoms with van der Waals surface area (Å²) in [6, 6.07) is 6.57. The summed E-state index contributed by atoms with van der Waals surface area (Å²) in [7, 11) is 1.75. The van der Waals surface area contributed by atoms with Crippen molar-refractivity contribution in [2.24, 2.45) is 0 Å². The molecule has 0 aliphatic heterocycles. The van der Waals surface area contributed by atoms with Gasteiger partial charge in [0.1, 0.15) is 0 Å². The Morgan fingerprint density at radius 3 is 2.94 bits per heavy atom. The smallest absolute Gasteiger partial charge is 0.0987 e. The highest BCUT2D eigenvalue weighted by Gasteiger charge is 2.42. The second kappa shape index (κ2) is 6.27. The van der Waals surface area contributed by atoms with Gasteiger partial charge >= 0.3 is 0 Å². The van der Waals surface area contributed by atoms with E-state index in [0.29, 0.717) is 6.04 Å². The lowest BCUT2D eigenvalue weighted by atomic mass is 9.84. The predicted molar refractivity (Wildman–Crippen MR) is 70.4 cm³/mol. The van der Waals surface area contributed by atoms with E-state index in [9.17, 15) is 0 Å². The molecule has 18 heavy (non-hydrogen) atoms. The van der Waals surface area contributed by atoms with Crippen LogP contribution in [0, 0.1) is 0 Å². The van der Waals surface area contributed by atoms with Gasteiger partial charge in [0.25, 0.3) is 0 Å². The lowest BCUT2D eigenvalue weighted by Gasteiger charge is -2.44. The lowest BCUT2D eigenvalue weighted by molar-refractivity contribution is -0.133. The van der Waals surface area contributed by atoms with Crippen LogP contribution in [0.3, 0.4) is 0 Å². The van der Waals surface area contributed by atoms with Crippen molar-refractivity contribution in [2.75, 3.05) is 13.7 Å². The highest BCUT2D eigenvalue weighted by atomic mass is 16.5. The topological polar surface area (TPSA) is 43.4 Å². The van der Waals surface area contributed by atoms with E-state index in [1.54, 1.807) is 7.11 Å². The standard InChI is InChI=1S/C14H22N2O2/c1-4-18-13-9-12(14(13)17-3)16-10(2)11-7-5-6-8-15-11/h5-8,10,12-14,16H,4,9H2,1-3H3. The minimum absolute atomic E-state index is 0.149.